The summed E-state index contributed by atoms with van der Waals surface area (Å²) in [6.07, 6.45) is 5.75. The van der Waals surface area contributed by atoms with E-state index in [1.807, 2.05) is 72.8 Å². The number of hydrogen-bond donors (Lipinski definition) is 0. The predicted octanol–water partition coefficient (Wildman–Crippen LogP) is 6.01. The lowest BCUT2D eigenvalue weighted by Crippen LogP contribution is -1.77. The lowest BCUT2D eigenvalue weighted by Gasteiger charge is -1.95. The van der Waals surface area contributed by atoms with E-state index in [9.17, 15) is 0 Å². The molecule has 104 valence electrons. The van der Waals surface area contributed by atoms with E-state index in [-0.39, 0.29) is 0 Å². The monoisotopic (exact) mass is 304 g/mol. The molecule has 0 heterocycles. The van der Waals surface area contributed by atoms with Gasteiger partial charge in [0.05, 0.1) is 0 Å². The zero-order valence-corrected chi connectivity index (χ0v) is 12.8. The summed E-state index contributed by atoms with van der Waals surface area (Å²) in [7, 11) is 0. The van der Waals surface area contributed by atoms with Gasteiger partial charge in [-0.15, -0.1) is 23.2 Å². The Kier molecular flexibility index (Phi) is 8.53. The second kappa shape index (κ2) is 10.3. The van der Waals surface area contributed by atoms with Gasteiger partial charge >= 0.3 is 0 Å². The largest absolute Gasteiger partial charge is 0.122 e. The Labute approximate surface area is 131 Å². The maximum atomic E-state index is 5.62. The van der Waals surface area contributed by atoms with Gasteiger partial charge in [-0.25, -0.2) is 0 Å². The minimum absolute atomic E-state index is 0.571. The number of allylic oxidation sites excluding steroid dienone is 1. The highest BCUT2D eigenvalue weighted by atomic mass is 35.5. The smallest absolute Gasteiger partial charge is 0.0474 e. The second-order valence-corrected chi connectivity index (χ2v) is 4.63. The molecule has 0 unspecified atom stereocenters. The Morgan fingerprint density at radius 1 is 0.900 bits per heavy atom. The van der Waals surface area contributed by atoms with Crippen LogP contribution < -0.4 is 0 Å². The summed E-state index contributed by atoms with van der Waals surface area (Å²) in [5.41, 5.74) is 3.46. The molecule has 2 heteroatoms. The first kappa shape index (κ1) is 16.6. The summed E-state index contributed by atoms with van der Waals surface area (Å²) in [6, 6.07) is 18.1. The van der Waals surface area contributed by atoms with Crippen molar-refractivity contribution in [3.8, 4) is 0 Å². The normalized spacial score (nSPS) is 9.90. The van der Waals surface area contributed by atoms with Crippen LogP contribution in [0, 0.1) is 0 Å². The van der Waals surface area contributed by atoms with Crippen LogP contribution in [0.15, 0.2) is 67.3 Å². The zero-order valence-electron chi connectivity index (χ0n) is 11.3. The molecule has 20 heavy (non-hydrogen) atoms. The number of halogens is 2. The van der Waals surface area contributed by atoms with Crippen molar-refractivity contribution in [2.45, 2.75) is 5.88 Å². The first-order valence-electron chi connectivity index (χ1n) is 6.35. The highest BCUT2D eigenvalue weighted by Crippen LogP contribution is 2.08. The summed E-state index contributed by atoms with van der Waals surface area (Å²) in [5, 5.41) is 0. The van der Waals surface area contributed by atoms with E-state index in [1.54, 1.807) is 0 Å². The Morgan fingerprint density at radius 3 is 2.20 bits per heavy atom. The molecule has 0 aliphatic carbocycles. The third kappa shape index (κ3) is 6.60. The predicted molar refractivity (Wildman–Crippen MR) is 92.3 cm³/mol. The van der Waals surface area contributed by atoms with Gasteiger partial charge in [0.25, 0.3) is 0 Å². The van der Waals surface area contributed by atoms with Crippen LogP contribution in [0.2, 0.25) is 0 Å². The van der Waals surface area contributed by atoms with Gasteiger partial charge < -0.3 is 0 Å². The average Bonchev–Trinajstić information content (AvgIpc) is 2.54. The topological polar surface area (TPSA) is 0 Å². The standard InChI is InChI=1S/2C9H9Cl/c1-2-8-4-3-5-9(6-8)7-10;10-8-4-7-9-5-2-1-3-6-9/h2-6H,1,7H2;1-7H,8H2. The van der Waals surface area contributed by atoms with E-state index in [0.29, 0.717) is 11.8 Å². The highest BCUT2D eigenvalue weighted by molar-refractivity contribution is 6.19. The first-order valence-corrected chi connectivity index (χ1v) is 7.42. The molecule has 2 aromatic rings. The molecular formula is C18H18Cl2. The number of benzene rings is 2. The summed E-state index contributed by atoms with van der Waals surface area (Å²) < 4.78 is 0. The third-order valence-corrected chi connectivity index (χ3v) is 3.03. The van der Waals surface area contributed by atoms with Crippen LogP contribution in [0.25, 0.3) is 12.2 Å². The molecule has 0 saturated heterocycles. The molecule has 0 N–H and O–H groups in total. The molecule has 0 aromatic heterocycles. The van der Waals surface area contributed by atoms with Gasteiger partial charge in [0, 0.05) is 11.8 Å². The van der Waals surface area contributed by atoms with E-state index in [0.717, 1.165) is 11.1 Å². The second-order valence-electron chi connectivity index (χ2n) is 4.05. The average molecular weight is 305 g/mol. The van der Waals surface area contributed by atoms with E-state index in [2.05, 4.69) is 6.58 Å². The lowest BCUT2D eigenvalue weighted by molar-refractivity contribution is 1.39. The van der Waals surface area contributed by atoms with Gasteiger partial charge in [-0.1, -0.05) is 79.4 Å². The van der Waals surface area contributed by atoms with Crippen molar-refractivity contribution in [1.82, 2.24) is 0 Å². The highest BCUT2D eigenvalue weighted by Gasteiger charge is 1.88. The number of alkyl halides is 2. The SMILES string of the molecule is C=Cc1cccc(CCl)c1.ClCC=Cc1ccccc1. The molecule has 0 bridgehead atoms. The fraction of sp³-hybridized carbons (Fsp3) is 0.111. The fourth-order valence-corrected chi connectivity index (χ4v) is 1.80. The van der Waals surface area contributed by atoms with Gasteiger partial charge in [0.15, 0.2) is 0 Å². The molecule has 0 spiro atoms. The van der Waals surface area contributed by atoms with Gasteiger partial charge in [-0.05, 0) is 16.7 Å². The quantitative estimate of drug-likeness (QED) is 0.607. The van der Waals surface area contributed by atoms with Crippen molar-refractivity contribution in [2.75, 3.05) is 5.88 Å². The minimum atomic E-state index is 0.571. The fourth-order valence-electron chi connectivity index (χ4n) is 1.55. The van der Waals surface area contributed by atoms with Crippen molar-refractivity contribution < 1.29 is 0 Å². The summed E-state index contributed by atoms with van der Waals surface area (Å²) in [4.78, 5) is 0. The summed E-state index contributed by atoms with van der Waals surface area (Å²) >= 11 is 11.1. The Balaban J connectivity index is 0.000000200. The zero-order chi connectivity index (χ0) is 14.6. The molecule has 0 nitrogen and oxygen atoms in total. The van der Waals surface area contributed by atoms with Crippen LogP contribution in [-0.4, -0.2) is 5.88 Å². The molecule has 0 radical (unpaired) electrons. The lowest BCUT2D eigenvalue weighted by atomic mass is 10.1. The van der Waals surface area contributed by atoms with E-state index < -0.39 is 0 Å². The third-order valence-electron chi connectivity index (χ3n) is 2.54. The molecule has 2 aromatic carbocycles. The van der Waals surface area contributed by atoms with Crippen LogP contribution in [0.1, 0.15) is 16.7 Å². The molecule has 0 saturated carbocycles. The van der Waals surface area contributed by atoms with Crippen molar-refractivity contribution >= 4 is 35.4 Å². The Bertz CT molecular complexity index is 530. The van der Waals surface area contributed by atoms with Crippen LogP contribution in [0.3, 0.4) is 0 Å². The van der Waals surface area contributed by atoms with Crippen molar-refractivity contribution in [1.29, 1.82) is 0 Å². The van der Waals surface area contributed by atoms with Crippen molar-refractivity contribution in [2.24, 2.45) is 0 Å². The Morgan fingerprint density at radius 2 is 1.60 bits per heavy atom. The van der Waals surface area contributed by atoms with Gasteiger partial charge in [-0.2, -0.15) is 0 Å². The minimum Gasteiger partial charge on any atom is -0.122 e. The van der Waals surface area contributed by atoms with E-state index >= 15 is 0 Å². The molecule has 0 aliphatic heterocycles. The maximum Gasteiger partial charge on any atom is 0.0474 e. The molecule has 0 aliphatic rings. The number of hydrogen-bond acceptors (Lipinski definition) is 0. The van der Waals surface area contributed by atoms with Crippen molar-refractivity contribution in [3.63, 3.8) is 0 Å². The first-order chi connectivity index (χ1) is 9.80. The van der Waals surface area contributed by atoms with Crippen LogP contribution in [0.4, 0.5) is 0 Å². The summed E-state index contributed by atoms with van der Waals surface area (Å²) in [5.74, 6) is 1.15. The molecule has 0 amide bonds. The van der Waals surface area contributed by atoms with Crippen molar-refractivity contribution in [3.05, 3.63) is 83.9 Å². The molecular weight excluding hydrogens is 287 g/mol. The van der Waals surface area contributed by atoms with Crippen LogP contribution in [0.5, 0.6) is 0 Å². The van der Waals surface area contributed by atoms with Crippen LogP contribution in [-0.2, 0) is 5.88 Å². The molecule has 0 atom stereocenters. The maximum absolute atomic E-state index is 5.62. The number of rotatable bonds is 4. The summed E-state index contributed by atoms with van der Waals surface area (Å²) in [6.45, 7) is 3.66. The van der Waals surface area contributed by atoms with Gasteiger partial charge in [0.1, 0.15) is 0 Å². The van der Waals surface area contributed by atoms with E-state index in [4.69, 9.17) is 23.2 Å². The molecule has 2 rings (SSSR count). The van der Waals surface area contributed by atoms with Gasteiger partial charge in [0.2, 0.25) is 0 Å². The Hall–Kier alpha value is -1.50. The van der Waals surface area contributed by atoms with E-state index in [1.165, 1.54) is 5.56 Å². The van der Waals surface area contributed by atoms with Crippen LogP contribution >= 0.6 is 23.2 Å². The van der Waals surface area contributed by atoms with Gasteiger partial charge in [-0.3, -0.25) is 0 Å². The molecule has 0 fully saturated rings.